The van der Waals surface area contributed by atoms with Crippen LogP contribution in [0.1, 0.15) is 32.1 Å². The summed E-state index contributed by atoms with van der Waals surface area (Å²) < 4.78 is 11.4. The van der Waals surface area contributed by atoms with Crippen LogP contribution in [0.25, 0.3) is 0 Å². The molecule has 0 aliphatic heterocycles. The Kier molecular flexibility index (Phi) is 3.99. The molecular formula is C13H19NOS. The van der Waals surface area contributed by atoms with Crippen LogP contribution in [0, 0.1) is 0 Å². The van der Waals surface area contributed by atoms with Gasteiger partial charge in [0.15, 0.2) is 0 Å². The molecule has 0 amide bonds. The molecule has 16 heavy (non-hydrogen) atoms. The second-order valence-electron chi connectivity index (χ2n) is 4.46. The zero-order valence-corrected chi connectivity index (χ0v) is 10.6. The second kappa shape index (κ2) is 5.48. The highest BCUT2D eigenvalue weighted by molar-refractivity contribution is 7.84. The molecule has 1 unspecified atom stereocenters. The number of rotatable bonds is 3. The molecule has 1 aliphatic rings. The quantitative estimate of drug-likeness (QED) is 0.875. The first-order valence-electron chi connectivity index (χ1n) is 5.96. The first-order valence-corrected chi connectivity index (χ1v) is 7.51. The Hall–Kier alpha value is -0.830. The van der Waals surface area contributed by atoms with E-state index in [4.69, 9.17) is 0 Å². The van der Waals surface area contributed by atoms with Gasteiger partial charge in [-0.1, -0.05) is 25.3 Å². The highest BCUT2D eigenvalue weighted by atomic mass is 32.2. The normalized spacial score (nSPS) is 19.3. The fourth-order valence-electron chi connectivity index (χ4n) is 2.25. The Labute approximate surface area is 99.9 Å². The van der Waals surface area contributed by atoms with Gasteiger partial charge in [0, 0.05) is 33.7 Å². The Morgan fingerprint density at radius 1 is 1.25 bits per heavy atom. The topological polar surface area (TPSA) is 29.1 Å². The molecule has 2 nitrogen and oxygen atoms in total. The van der Waals surface area contributed by atoms with Gasteiger partial charge < -0.3 is 5.32 Å². The molecule has 1 aromatic rings. The second-order valence-corrected chi connectivity index (χ2v) is 5.84. The van der Waals surface area contributed by atoms with Crippen molar-refractivity contribution in [3.63, 3.8) is 0 Å². The molecule has 0 heterocycles. The van der Waals surface area contributed by atoms with Crippen molar-refractivity contribution in [1.82, 2.24) is 0 Å². The molecule has 0 radical (unpaired) electrons. The molecular weight excluding hydrogens is 218 g/mol. The average molecular weight is 237 g/mol. The standard InChI is InChI=1S/C13H19NOS/c1-16(15)13-9-5-8-12(10-13)14-11-6-3-2-4-7-11/h5,8-11,14H,2-4,6-7H2,1H3. The van der Waals surface area contributed by atoms with E-state index in [0.717, 1.165) is 10.6 Å². The predicted molar refractivity (Wildman–Crippen MR) is 69.3 cm³/mol. The van der Waals surface area contributed by atoms with E-state index in [-0.39, 0.29) is 0 Å². The first-order chi connectivity index (χ1) is 7.75. The van der Waals surface area contributed by atoms with Gasteiger partial charge >= 0.3 is 0 Å². The molecule has 1 aromatic carbocycles. The lowest BCUT2D eigenvalue weighted by Gasteiger charge is -2.24. The fraction of sp³-hybridized carbons (Fsp3) is 0.538. The molecule has 88 valence electrons. The van der Waals surface area contributed by atoms with Crippen molar-refractivity contribution in [2.24, 2.45) is 0 Å². The minimum atomic E-state index is -0.886. The summed E-state index contributed by atoms with van der Waals surface area (Å²) in [5, 5.41) is 3.54. The Morgan fingerprint density at radius 2 is 2.00 bits per heavy atom. The number of hydrogen-bond donors (Lipinski definition) is 1. The van der Waals surface area contributed by atoms with E-state index in [9.17, 15) is 4.21 Å². The molecule has 2 rings (SSSR count). The summed E-state index contributed by atoms with van der Waals surface area (Å²) in [6.45, 7) is 0. The van der Waals surface area contributed by atoms with Gasteiger partial charge in [0.2, 0.25) is 0 Å². The van der Waals surface area contributed by atoms with E-state index >= 15 is 0 Å². The van der Waals surface area contributed by atoms with Gasteiger partial charge in [0.05, 0.1) is 0 Å². The predicted octanol–water partition coefficient (Wildman–Crippen LogP) is 3.17. The summed E-state index contributed by atoms with van der Waals surface area (Å²) in [6.07, 6.45) is 8.28. The van der Waals surface area contributed by atoms with E-state index in [1.54, 1.807) is 6.26 Å². The van der Waals surface area contributed by atoms with Crippen molar-refractivity contribution in [3.8, 4) is 0 Å². The third-order valence-electron chi connectivity index (χ3n) is 3.14. The van der Waals surface area contributed by atoms with Gasteiger partial charge in [0.1, 0.15) is 0 Å². The summed E-state index contributed by atoms with van der Waals surface area (Å²) in [5.41, 5.74) is 1.11. The van der Waals surface area contributed by atoms with Crippen LogP contribution in [0.15, 0.2) is 29.2 Å². The van der Waals surface area contributed by atoms with Crippen LogP contribution in [-0.2, 0) is 10.8 Å². The maximum absolute atomic E-state index is 11.4. The van der Waals surface area contributed by atoms with E-state index in [0.29, 0.717) is 6.04 Å². The zero-order chi connectivity index (χ0) is 11.4. The van der Waals surface area contributed by atoms with Crippen LogP contribution in [0.2, 0.25) is 0 Å². The molecule has 3 heteroatoms. The molecule has 0 saturated heterocycles. The van der Waals surface area contributed by atoms with Crippen molar-refractivity contribution < 1.29 is 4.21 Å². The van der Waals surface area contributed by atoms with Crippen LogP contribution >= 0.6 is 0 Å². The molecule has 0 bridgehead atoms. The lowest BCUT2D eigenvalue weighted by atomic mass is 9.95. The van der Waals surface area contributed by atoms with Crippen LogP contribution in [0.3, 0.4) is 0 Å². The Morgan fingerprint density at radius 3 is 2.69 bits per heavy atom. The van der Waals surface area contributed by atoms with Crippen molar-refractivity contribution >= 4 is 16.5 Å². The van der Waals surface area contributed by atoms with Gasteiger partial charge in [-0.2, -0.15) is 0 Å². The van der Waals surface area contributed by atoms with E-state index < -0.39 is 10.8 Å². The molecule has 1 saturated carbocycles. The third kappa shape index (κ3) is 3.08. The highest BCUT2D eigenvalue weighted by Crippen LogP contribution is 2.22. The van der Waals surface area contributed by atoms with E-state index in [2.05, 4.69) is 11.4 Å². The number of benzene rings is 1. The lowest BCUT2D eigenvalue weighted by Crippen LogP contribution is -2.22. The Bertz CT molecular complexity index is 372. The van der Waals surface area contributed by atoms with Gasteiger partial charge in [-0.25, -0.2) is 0 Å². The number of anilines is 1. The zero-order valence-electron chi connectivity index (χ0n) is 9.74. The van der Waals surface area contributed by atoms with E-state index in [1.165, 1.54) is 32.1 Å². The molecule has 1 fully saturated rings. The summed E-state index contributed by atoms with van der Waals surface area (Å²) in [5.74, 6) is 0. The molecule has 0 aromatic heterocycles. The van der Waals surface area contributed by atoms with Gasteiger partial charge in [0.25, 0.3) is 0 Å². The monoisotopic (exact) mass is 237 g/mol. The van der Waals surface area contributed by atoms with Crippen LogP contribution < -0.4 is 5.32 Å². The van der Waals surface area contributed by atoms with Gasteiger partial charge in [-0.05, 0) is 31.0 Å². The minimum absolute atomic E-state index is 0.606. The van der Waals surface area contributed by atoms with Crippen LogP contribution in [0.5, 0.6) is 0 Å². The van der Waals surface area contributed by atoms with Crippen molar-refractivity contribution in [1.29, 1.82) is 0 Å². The number of nitrogens with one attached hydrogen (secondary N) is 1. The molecule has 1 N–H and O–H groups in total. The molecule has 0 spiro atoms. The summed E-state index contributed by atoms with van der Waals surface area (Å²) >= 11 is 0. The maximum atomic E-state index is 11.4. The highest BCUT2D eigenvalue weighted by Gasteiger charge is 2.12. The summed E-state index contributed by atoms with van der Waals surface area (Å²) in [4.78, 5) is 0.904. The number of hydrogen-bond acceptors (Lipinski definition) is 2. The summed E-state index contributed by atoms with van der Waals surface area (Å²) in [6, 6.07) is 8.56. The van der Waals surface area contributed by atoms with E-state index in [1.807, 2.05) is 18.2 Å². The Balaban J connectivity index is 2.02. The van der Waals surface area contributed by atoms with Crippen molar-refractivity contribution in [3.05, 3.63) is 24.3 Å². The third-order valence-corrected chi connectivity index (χ3v) is 4.06. The van der Waals surface area contributed by atoms with Crippen LogP contribution in [0.4, 0.5) is 5.69 Å². The summed E-state index contributed by atoms with van der Waals surface area (Å²) in [7, 11) is -0.886. The molecule has 1 atom stereocenters. The SMILES string of the molecule is CS(=O)c1cccc(NC2CCCCC2)c1. The lowest BCUT2D eigenvalue weighted by molar-refractivity contribution is 0.462. The first kappa shape index (κ1) is 11.6. The van der Waals surface area contributed by atoms with Crippen molar-refractivity contribution in [2.45, 2.75) is 43.0 Å². The van der Waals surface area contributed by atoms with Crippen LogP contribution in [-0.4, -0.2) is 16.5 Å². The van der Waals surface area contributed by atoms with Gasteiger partial charge in [-0.3, -0.25) is 4.21 Å². The fourth-order valence-corrected chi connectivity index (χ4v) is 2.81. The van der Waals surface area contributed by atoms with Gasteiger partial charge in [-0.15, -0.1) is 0 Å². The average Bonchev–Trinajstić information content (AvgIpc) is 2.30. The largest absolute Gasteiger partial charge is 0.382 e. The minimum Gasteiger partial charge on any atom is -0.382 e. The smallest absolute Gasteiger partial charge is 0.0498 e. The molecule has 1 aliphatic carbocycles. The maximum Gasteiger partial charge on any atom is 0.0498 e. The van der Waals surface area contributed by atoms with Crippen molar-refractivity contribution in [2.75, 3.05) is 11.6 Å².